The fourth-order valence-corrected chi connectivity index (χ4v) is 7.03. The summed E-state index contributed by atoms with van der Waals surface area (Å²) in [6.07, 6.45) is -2.30. The van der Waals surface area contributed by atoms with Gasteiger partial charge in [0.05, 0.1) is 4.90 Å². The van der Waals surface area contributed by atoms with Crippen molar-refractivity contribution in [3.05, 3.63) is 64.6 Å². The molecule has 2 aromatic carbocycles. The SMILES string of the molecule is Cc1cc(S(=O)(=O)NCCCCO)ccc1C=CS(=O)(=O)N1CCC2(CC1)N=C(c1ccc(OC(F)(F)F)cc1)NC2=O. The van der Waals surface area contributed by atoms with E-state index in [9.17, 15) is 34.8 Å². The number of amides is 1. The molecule has 43 heavy (non-hydrogen) atoms. The number of nitrogens with zero attached hydrogens (tertiary/aromatic N) is 2. The zero-order valence-corrected chi connectivity index (χ0v) is 24.7. The fraction of sp³-hybridized carbons (Fsp3) is 0.407. The number of carbonyl (C=O) groups is 1. The quantitative estimate of drug-likeness (QED) is 0.318. The van der Waals surface area contributed by atoms with E-state index in [1.165, 1.54) is 40.7 Å². The lowest BCUT2D eigenvalue weighted by Gasteiger charge is -2.34. The molecular formula is C27H31F3N4O7S2. The van der Waals surface area contributed by atoms with Crippen LogP contribution in [0.2, 0.25) is 0 Å². The second kappa shape index (κ2) is 12.7. The van der Waals surface area contributed by atoms with Crippen LogP contribution in [0.3, 0.4) is 0 Å². The third-order valence-electron chi connectivity index (χ3n) is 7.10. The molecule has 234 valence electrons. The second-order valence-electron chi connectivity index (χ2n) is 10.1. The maximum Gasteiger partial charge on any atom is 0.573 e. The first-order valence-corrected chi connectivity index (χ1v) is 16.3. The highest BCUT2D eigenvalue weighted by Crippen LogP contribution is 2.33. The van der Waals surface area contributed by atoms with E-state index < -0.39 is 43.6 Å². The van der Waals surface area contributed by atoms with Crippen LogP contribution in [-0.4, -0.2) is 76.1 Å². The summed E-state index contributed by atoms with van der Waals surface area (Å²) in [5, 5.41) is 12.5. The number of aryl methyl sites for hydroxylation is 1. The molecule has 3 N–H and O–H groups in total. The van der Waals surface area contributed by atoms with Crippen LogP contribution in [-0.2, 0) is 24.8 Å². The minimum atomic E-state index is -4.83. The first-order valence-electron chi connectivity index (χ1n) is 13.3. The molecule has 0 unspecified atom stereocenters. The number of amidine groups is 1. The molecule has 0 aliphatic carbocycles. The molecule has 1 spiro atoms. The van der Waals surface area contributed by atoms with E-state index in [2.05, 4.69) is 19.8 Å². The van der Waals surface area contributed by atoms with Gasteiger partial charge in [0, 0.05) is 37.2 Å². The zero-order chi connectivity index (χ0) is 31.5. The number of ether oxygens (including phenoxy) is 1. The average Bonchev–Trinajstić information content (AvgIpc) is 3.25. The number of carbonyl (C=O) groups excluding carboxylic acids is 1. The van der Waals surface area contributed by atoms with E-state index in [1.807, 2.05) is 0 Å². The van der Waals surface area contributed by atoms with Crippen molar-refractivity contribution < 1.29 is 44.6 Å². The Labute approximate surface area is 247 Å². The van der Waals surface area contributed by atoms with Crippen molar-refractivity contribution in [3.8, 4) is 5.75 Å². The fourth-order valence-electron chi connectivity index (χ4n) is 4.69. The highest BCUT2D eigenvalue weighted by molar-refractivity contribution is 7.92. The predicted octanol–water partition coefficient (Wildman–Crippen LogP) is 2.66. The van der Waals surface area contributed by atoms with Gasteiger partial charge in [-0.2, -0.15) is 4.31 Å². The van der Waals surface area contributed by atoms with Crippen LogP contribution in [0.25, 0.3) is 6.08 Å². The van der Waals surface area contributed by atoms with Gasteiger partial charge in [0.1, 0.15) is 17.1 Å². The molecule has 16 heteroatoms. The first-order chi connectivity index (χ1) is 20.1. The molecule has 2 heterocycles. The number of hydrogen-bond acceptors (Lipinski definition) is 8. The lowest BCUT2D eigenvalue weighted by Crippen LogP contribution is -2.50. The Morgan fingerprint density at radius 2 is 1.77 bits per heavy atom. The van der Waals surface area contributed by atoms with Crippen LogP contribution in [0.15, 0.2) is 57.8 Å². The molecule has 1 saturated heterocycles. The molecule has 0 aromatic heterocycles. The smallest absolute Gasteiger partial charge is 0.406 e. The Kier molecular flexibility index (Phi) is 9.66. The van der Waals surface area contributed by atoms with Crippen molar-refractivity contribution in [3.63, 3.8) is 0 Å². The number of aliphatic hydroxyl groups excluding tert-OH is 1. The number of nitrogens with one attached hydrogen (secondary N) is 2. The summed E-state index contributed by atoms with van der Waals surface area (Å²) in [4.78, 5) is 17.4. The Balaban J connectivity index is 1.39. The van der Waals surface area contributed by atoms with Gasteiger partial charge in [0.15, 0.2) is 0 Å². The third-order valence-corrected chi connectivity index (χ3v) is 10.1. The maximum atomic E-state index is 13.1. The van der Waals surface area contributed by atoms with Crippen molar-refractivity contribution in [1.82, 2.24) is 14.3 Å². The van der Waals surface area contributed by atoms with E-state index in [4.69, 9.17) is 5.11 Å². The summed E-state index contributed by atoms with van der Waals surface area (Å²) in [6.45, 7) is 1.83. The number of benzene rings is 2. The van der Waals surface area contributed by atoms with Gasteiger partial charge >= 0.3 is 6.36 Å². The molecule has 2 aliphatic heterocycles. The summed E-state index contributed by atoms with van der Waals surface area (Å²) < 4.78 is 95.9. The lowest BCUT2D eigenvalue weighted by molar-refractivity contribution is -0.274. The van der Waals surface area contributed by atoms with E-state index in [0.717, 1.165) is 17.5 Å². The largest absolute Gasteiger partial charge is 0.573 e. The van der Waals surface area contributed by atoms with Gasteiger partial charge in [-0.3, -0.25) is 9.79 Å². The lowest BCUT2D eigenvalue weighted by atomic mass is 9.89. The highest BCUT2D eigenvalue weighted by atomic mass is 32.2. The molecule has 4 rings (SSSR count). The number of rotatable bonds is 11. The highest BCUT2D eigenvalue weighted by Gasteiger charge is 2.47. The summed E-state index contributed by atoms with van der Waals surface area (Å²) in [6, 6.07) is 9.22. The molecule has 2 aliphatic rings. The number of alkyl halides is 3. The number of halogens is 3. The summed E-state index contributed by atoms with van der Waals surface area (Å²) in [7, 11) is -7.65. The molecule has 0 atom stereocenters. The molecule has 1 fully saturated rings. The molecule has 11 nitrogen and oxygen atoms in total. The zero-order valence-electron chi connectivity index (χ0n) is 23.1. The van der Waals surface area contributed by atoms with Crippen LogP contribution in [0.1, 0.15) is 42.4 Å². The van der Waals surface area contributed by atoms with Gasteiger partial charge in [-0.05, 0) is 86.2 Å². The molecule has 1 amide bonds. The van der Waals surface area contributed by atoms with E-state index in [1.54, 1.807) is 6.92 Å². The van der Waals surface area contributed by atoms with Gasteiger partial charge in [-0.15, -0.1) is 13.2 Å². The molecule has 0 bridgehead atoms. The average molecular weight is 645 g/mol. The Morgan fingerprint density at radius 3 is 2.37 bits per heavy atom. The van der Waals surface area contributed by atoms with Gasteiger partial charge in [0.25, 0.3) is 5.91 Å². The van der Waals surface area contributed by atoms with Crippen LogP contribution in [0.4, 0.5) is 13.2 Å². The minimum absolute atomic E-state index is 0.00729. The van der Waals surface area contributed by atoms with Gasteiger partial charge in [-0.25, -0.2) is 21.6 Å². The van der Waals surface area contributed by atoms with Crippen molar-refractivity contribution in [2.24, 2.45) is 4.99 Å². The number of sulfonamides is 2. The van der Waals surface area contributed by atoms with Gasteiger partial charge in [-0.1, -0.05) is 6.07 Å². The third kappa shape index (κ3) is 8.00. The van der Waals surface area contributed by atoms with Crippen molar-refractivity contribution in [2.45, 2.75) is 49.4 Å². The standard InChI is InChI=1S/C27H31F3N4O7S2/c1-19-18-23(43(39,40)31-13-2-3-16-35)9-6-20(19)10-17-42(37,38)34-14-11-26(12-15-34)25(36)32-24(33-26)21-4-7-22(8-5-21)41-27(28,29)30/h4-10,17-18,31,35H,2-3,11-16H2,1H3,(H,32,33,36). The van der Waals surface area contributed by atoms with Crippen LogP contribution < -0.4 is 14.8 Å². The topological polar surface area (TPSA) is 154 Å². The number of hydrogen-bond donors (Lipinski definition) is 3. The van der Waals surface area contributed by atoms with Crippen molar-refractivity contribution in [2.75, 3.05) is 26.2 Å². The number of piperidine rings is 1. The van der Waals surface area contributed by atoms with E-state index in [-0.39, 0.29) is 49.8 Å². The summed E-state index contributed by atoms with van der Waals surface area (Å²) in [5.41, 5.74) is 0.234. The molecule has 0 saturated carbocycles. The van der Waals surface area contributed by atoms with E-state index >= 15 is 0 Å². The van der Waals surface area contributed by atoms with Crippen molar-refractivity contribution in [1.29, 1.82) is 0 Å². The van der Waals surface area contributed by atoms with Crippen LogP contribution in [0, 0.1) is 6.92 Å². The van der Waals surface area contributed by atoms with Crippen LogP contribution in [0.5, 0.6) is 5.75 Å². The first kappa shape index (κ1) is 32.6. The summed E-state index contributed by atoms with van der Waals surface area (Å²) >= 11 is 0. The Morgan fingerprint density at radius 1 is 1.09 bits per heavy atom. The number of aliphatic hydroxyl groups is 1. The number of aliphatic imine (C=N–C) groups is 1. The minimum Gasteiger partial charge on any atom is -0.406 e. The normalized spacial score (nSPS) is 17.8. The van der Waals surface area contributed by atoms with Gasteiger partial charge < -0.3 is 15.2 Å². The molecule has 0 radical (unpaired) electrons. The second-order valence-corrected chi connectivity index (χ2v) is 13.7. The Hall–Kier alpha value is -3.31. The molecular weight excluding hydrogens is 613 g/mol. The monoisotopic (exact) mass is 644 g/mol. The van der Waals surface area contributed by atoms with Crippen LogP contribution >= 0.6 is 0 Å². The van der Waals surface area contributed by atoms with Crippen molar-refractivity contribution >= 4 is 37.9 Å². The maximum absolute atomic E-state index is 13.1. The molecule has 2 aromatic rings. The predicted molar refractivity (Wildman–Crippen MR) is 152 cm³/mol. The summed E-state index contributed by atoms with van der Waals surface area (Å²) in [5.74, 6) is -0.652. The number of unbranched alkanes of at least 4 members (excludes halogenated alkanes) is 1. The van der Waals surface area contributed by atoms with E-state index in [0.29, 0.717) is 29.5 Å². The Bertz CT molecular complexity index is 1620. The van der Waals surface area contributed by atoms with Gasteiger partial charge in [0.2, 0.25) is 20.0 Å².